The smallest absolute Gasteiger partial charge is 0.357 e. The number of thiazole rings is 1. The van der Waals surface area contributed by atoms with E-state index in [0.717, 1.165) is 23.4 Å². The van der Waals surface area contributed by atoms with Crippen molar-refractivity contribution in [3.8, 4) is 0 Å². The average molecular weight is 360 g/mol. The Kier molecular flexibility index (Phi) is 5.78. The second-order valence-electron chi connectivity index (χ2n) is 5.85. The summed E-state index contributed by atoms with van der Waals surface area (Å²) in [6, 6.07) is 10.0. The van der Waals surface area contributed by atoms with Crippen LogP contribution in [0, 0.1) is 0 Å². The first-order valence-electron chi connectivity index (χ1n) is 8.11. The lowest BCUT2D eigenvalue weighted by molar-refractivity contribution is -0.137. The highest BCUT2D eigenvalue weighted by Gasteiger charge is 2.33. The van der Waals surface area contributed by atoms with E-state index in [1.807, 2.05) is 30.3 Å². The number of hydrogen-bond donors (Lipinski definition) is 0. The van der Waals surface area contributed by atoms with Gasteiger partial charge in [-0.15, -0.1) is 11.3 Å². The molecule has 1 amide bonds. The first kappa shape index (κ1) is 17.6. The molecule has 0 saturated heterocycles. The van der Waals surface area contributed by atoms with E-state index in [2.05, 4.69) is 9.72 Å². The molecule has 0 aliphatic heterocycles. The summed E-state index contributed by atoms with van der Waals surface area (Å²) in [5, 5.41) is 2.38. The molecule has 1 aromatic carbocycles. The monoisotopic (exact) mass is 360 g/mol. The number of esters is 1. The molecule has 1 saturated carbocycles. The Morgan fingerprint density at radius 2 is 2.04 bits per heavy atom. The maximum absolute atomic E-state index is 12.5. The molecule has 1 fully saturated rings. The van der Waals surface area contributed by atoms with Crippen LogP contribution in [0.5, 0.6) is 0 Å². The number of benzene rings is 1. The van der Waals surface area contributed by atoms with E-state index in [4.69, 9.17) is 4.74 Å². The lowest BCUT2D eigenvalue weighted by Gasteiger charge is -2.21. The van der Waals surface area contributed by atoms with Crippen molar-refractivity contribution in [1.29, 1.82) is 0 Å². The minimum atomic E-state index is -0.460. The molecular formula is C18H20N2O4S. The van der Waals surface area contributed by atoms with Crippen molar-refractivity contribution in [2.75, 3.05) is 13.7 Å². The summed E-state index contributed by atoms with van der Waals surface area (Å²) in [5.74, 6) is -0.508. The largest absolute Gasteiger partial charge is 0.464 e. The summed E-state index contributed by atoms with van der Waals surface area (Å²) in [6.45, 7) is 0.856. The molecule has 1 aliphatic carbocycles. The number of amides is 1. The minimum Gasteiger partial charge on any atom is -0.464 e. The highest BCUT2D eigenvalue weighted by molar-refractivity contribution is 7.09. The third-order valence-electron chi connectivity index (χ3n) is 3.90. The van der Waals surface area contributed by atoms with Gasteiger partial charge in [0, 0.05) is 11.4 Å². The van der Waals surface area contributed by atoms with E-state index >= 15 is 0 Å². The third kappa shape index (κ3) is 4.87. The number of carbonyl (C=O) groups is 2. The molecule has 2 aromatic rings. The lowest BCUT2D eigenvalue weighted by Crippen LogP contribution is -2.35. The Morgan fingerprint density at radius 3 is 2.72 bits per heavy atom. The second-order valence-corrected chi connectivity index (χ2v) is 6.79. The van der Waals surface area contributed by atoms with Gasteiger partial charge in [0.15, 0.2) is 5.69 Å². The highest BCUT2D eigenvalue weighted by Crippen LogP contribution is 2.29. The van der Waals surface area contributed by atoms with E-state index in [1.54, 1.807) is 10.3 Å². The zero-order chi connectivity index (χ0) is 17.6. The molecule has 1 aromatic heterocycles. The van der Waals surface area contributed by atoms with E-state index < -0.39 is 5.97 Å². The fourth-order valence-electron chi connectivity index (χ4n) is 2.45. The molecular weight excluding hydrogens is 340 g/mol. The predicted octanol–water partition coefficient (Wildman–Crippen LogP) is 2.64. The quantitative estimate of drug-likeness (QED) is 0.677. The first-order chi connectivity index (χ1) is 12.2. The maximum Gasteiger partial charge on any atom is 0.357 e. The van der Waals surface area contributed by atoms with Crippen molar-refractivity contribution in [1.82, 2.24) is 9.88 Å². The number of aromatic nitrogens is 1. The molecule has 0 bridgehead atoms. The average Bonchev–Trinajstić information content (AvgIpc) is 3.37. The molecule has 0 radical (unpaired) electrons. The zero-order valence-corrected chi connectivity index (χ0v) is 14.8. The second kappa shape index (κ2) is 8.22. The number of hydrogen-bond acceptors (Lipinski definition) is 6. The molecule has 7 heteroatoms. The van der Waals surface area contributed by atoms with Crippen LogP contribution in [0.15, 0.2) is 35.7 Å². The summed E-state index contributed by atoms with van der Waals surface area (Å²) in [7, 11) is 1.32. The van der Waals surface area contributed by atoms with Gasteiger partial charge < -0.3 is 14.4 Å². The van der Waals surface area contributed by atoms with Gasteiger partial charge in [0.2, 0.25) is 5.91 Å². The van der Waals surface area contributed by atoms with E-state index in [-0.39, 0.29) is 24.2 Å². The van der Waals surface area contributed by atoms with Crippen LogP contribution in [0.1, 0.15) is 33.9 Å². The van der Waals surface area contributed by atoms with Crippen molar-refractivity contribution in [2.24, 2.45) is 0 Å². The normalized spacial score (nSPS) is 13.5. The summed E-state index contributed by atoms with van der Waals surface area (Å²) in [5.41, 5.74) is 1.32. The summed E-state index contributed by atoms with van der Waals surface area (Å²) in [4.78, 5) is 30.0. The van der Waals surface area contributed by atoms with Gasteiger partial charge in [-0.3, -0.25) is 4.79 Å². The van der Waals surface area contributed by atoms with Crippen LogP contribution >= 0.6 is 11.3 Å². The molecule has 3 rings (SSSR count). The summed E-state index contributed by atoms with van der Waals surface area (Å²) < 4.78 is 10.2. The topological polar surface area (TPSA) is 68.7 Å². The zero-order valence-electron chi connectivity index (χ0n) is 14.0. The molecule has 132 valence electrons. The number of carbonyl (C=O) groups excluding carboxylic acids is 2. The van der Waals surface area contributed by atoms with Gasteiger partial charge in [-0.2, -0.15) is 0 Å². The van der Waals surface area contributed by atoms with Crippen LogP contribution in [0.2, 0.25) is 0 Å². The predicted molar refractivity (Wildman–Crippen MR) is 93.1 cm³/mol. The van der Waals surface area contributed by atoms with Crippen molar-refractivity contribution in [3.05, 3.63) is 52.0 Å². The van der Waals surface area contributed by atoms with Gasteiger partial charge in [-0.1, -0.05) is 30.3 Å². The Morgan fingerprint density at radius 1 is 1.28 bits per heavy atom. The van der Waals surface area contributed by atoms with Gasteiger partial charge in [0.05, 0.1) is 20.3 Å². The van der Waals surface area contributed by atoms with E-state index in [0.29, 0.717) is 13.2 Å². The van der Waals surface area contributed by atoms with E-state index in [1.165, 1.54) is 18.4 Å². The van der Waals surface area contributed by atoms with Crippen molar-refractivity contribution < 1.29 is 19.1 Å². The fourth-order valence-corrected chi connectivity index (χ4v) is 3.21. The SMILES string of the molecule is COC(=O)c1csc(CN(C(=O)COCc2ccccc2)C2CC2)n1. The molecule has 6 nitrogen and oxygen atoms in total. The van der Waals surface area contributed by atoms with Crippen LogP contribution in [-0.4, -0.2) is 41.5 Å². The van der Waals surface area contributed by atoms with Gasteiger partial charge in [0.1, 0.15) is 11.6 Å². The Labute approximate surface area is 150 Å². The molecule has 0 atom stereocenters. The number of methoxy groups -OCH3 is 1. The van der Waals surface area contributed by atoms with Crippen LogP contribution in [0.4, 0.5) is 0 Å². The fraction of sp³-hybridized carbons (Fsp3) is 0.389. The standard InChI is InChI=1S/C18H20N2O4S/c1-23-18(22)15-12-25-16(19-15)9-20(14-7-8-14)17(21)11-24-10-13-5-3-2-4-6-13/h2-6,12,14H,7-11H2,1H3. The van der Waals surface area contributed by atoms with Gasteiger partial charge in [0.25, 0.3) is 0 Å². The maximum atomic E-state index is 12.5. The third-order valence-corrected chi connectivity index (χ3v) is 4.73. The van der Waals surface area contributed by atoms with Crippen molar-refractivity contribution in [2.45, 2.75) is 32.0 Å². The van der Waals surface area contributed by atoms with Gasteiger partial charge >= 0.3 is 5.97 Å². The van der Waals surface area contributed by atoms with Crippen LogP contribution < -0.4 is 0 Å². The Bertz CT molecular complexity index is 728. The molecule has 1 heterocycles. The molecule has 0 N–H and O–H groups in total. The van der Waals surface area contributed by atoms with Gasteiger partial charge in [-0.05, 0) is 18.4 Å². The molecule has 25 heavy (non-hydrogen) atoms. The highest BCUT2D eigenvalue weighted by atomic mass is 32.1. The summed E-state index contributed by atoms with van der Waals surface area (Å²) in [6.07, 6.45) is 2.00. The Hall–Kier alpha value is -2.25. The Balaban J connectivity index is 1.54. The van der Waals surface area contributed by atoms with Gasteiger partial charge in [-0.25, -0.2) is 9.78 Å². The number of ether oxygens (including phenoxy) is 2. The van der Waals surface area contributed by atoms with Crippen molar-refractivity contribution >= 4 is 23.2 Å². The van der Waals surface area contributed by atoms with Crippen LogP contribution in [-0.2, 0) is 27.4 Å². The number of nitrogens with zero attached hydrogens (tertiary/aromatic N) is 2. The first-order valence-corrected chi connectivity index (χ1v) is 8.99. The van der Waals surface area contributed by atoms with Crippen molar-refractivity contribution in [3.63, 3.8) is 0 Å². The lowest BCUT2D eigenvalue weighted by atomic mass is 10.2. The number of rotatable bonds is 8. The molecule has 1 aliphatic rings. The van der Waals surface area contributed by atoms with E-state index in [9.17, 15) is 9.59 Å². The minimum absolute atomic E-state index is 0.0423. The van der Waals surface area contributed by atoms with Crippen LogP contribution in [0.3, 0.4) is 0 Å². The molecule has 0 unspecified atom stereocenters. The summed E-state index contributed by atoms with van der Waals surface area (Å²) >= 11 is 1.36. The van der Waals surface area contributed by atoms with Crippen LogP contribution in [0.25, 0.3) is 0 Å². The molecule has 0 spiro atoms.